The summed E-state index contributed by atoms with van der Waals surface area (Å²) in [6, 6.07) is 0. The molecular formula is C21H41O5PS. The van der Waals surface area contributed by atoms with Crippen LogP contribution in [-0.2, 0) is 26.2 Å². The van der Waals surface area contributed by atoms with Gasteiger partial charge in [0.15, 0.2) is 0 Å². The van der Waals surface area contributed by atoms with Gasteiger partial charge in [0.05, 0.1) is 6.42 Å². The number of allylic oxidation sites excluding steroid dienone is 2. The van der Waals surface area contributed by atoms with Gasteiger partial charge in [0.1, 0.15) is 0 Å². The second kappa shape index (κ2) is 18.7. The highest BCUT2D eigenvalue weighted by Gasteiger charge is 2.18. The van der Waals surface area contributed by atoms with E-state index in [1.807, 2.05) is 0 Å². The second-order valence-corrected chi connectivity index (χ2v) is 10.1. The summed E-state index contributed by atoms with van der Waals surface area (Å²) < 4.78 is 4.17. The van der Waals surface area contributed by atoms with E-state index in [2.05, 4.69) is 47.4 Å². The number of carbonyl (C=O) groups excluding carboxylic acids is 1. The average molecular weight is 437 g/mol. The summed E-state index contributed by atoms with van der Waals surface area (Å²) in [5.41, 5.74) is 0. The molecular weight excluding hydrogens is 395 g/mol. The Morgan fingerprint density at radius 1 is 0.893 bits per heavy atom. The summed E-state index contributed by atoms with van der Waals surface area (Å²) in [6.45, 7) is 0.391. The monoisotopic (exact) mass is 436 g/mol. The van der Waals surface area contributed by atoms with Crippen molar-refractivity contribution in [1.82, 2.24) is 0 Å². The van der Waals surface area contributed by atoms with Crippen molar-refractivity contribution in [2.24, 2.45) is 5.92 Å². The predicted octanol–water partition coefficient (Wildman–Crippen LogP) is 6.73. The summed E-state index contributed by atoms with van der Waals surface area (Å²) in [5.74, 6) is -0.354. The average Bonchev–Trinajstić information content (AvgIpc) is 2.63. The molecule has 0 aliphatic rings. The van der Waals surface area contributed by atoms with E-state index in [0.717, 1.165) is 38.5 Å². The molecule has 0 amide bonds. The number of hydrogen-bond donors (Lipinski definition) is 2. The van der Waals surface area contributed by atoms with Gasteiger partial charge in [0, 0.05) is 0 Å². The zero-order valence-electron chi connectivity index (χ0n) is 17.8. The molecule has 0 aromatic heterocycles. The first-order chi connectivity index (χ1) is 13.4. The van der Waals surface area contributed by atoms with E-state index in [1.54, 1.807) is 0 Å². The Morgan fingerprint density at radius 3 is 2.04 bits per heavy atom. The van der Waals surface area contributed by atoms with Gasteiger partial charge in [0.2, 0.25) is 0 Å². The zero-order valence-corrected chi connectivity index (χ0v) is 19.5. The summed E-state index contributed by atoms with van der Waals surface area (Å²) in [4.78, 5) is 33.9. The molecule has 0 fully saturated rings. The second-order valence-electron chi connectivity index (χ2n) is 7.55. The van der Waals surface area contributed by atoms with E-state index in [-0.39, 0.29) is 12.3 Å². The van der Waals surface area contributed by atoms with Crippen molar-refractivity contribution in [3.8, 4) is 0 Å². The molecule has 1 unspecified atom stereocenters. The maximum atomic E-state index is 11.7. The minimum absolute atomic E-state index is 0.224. The first-order valence-electron chi connectivity index (χ1n) is 11.0. The molecule has 0 bridgehead atoms. The Balaban J connectivity index is 3.71. The van der Waals surface area contributed by atoms with Crippen LogP contribution in [0.3, 0.4) is 0 Å². The van der Waals surface area contributed by atoms with Gasteiger partial charge in [-0.25, -0.2) is 4.79 Å². The highest BCUT2D eigenvalue weighted by molar-refractivity contribution is 8.06. The van der Waals surface area contributed by atoms with Gasteiger partial charge in [-0.3, -0.25) is 4.89 Å². The van der Waals surface area contributed by atoms with Crippen molar-refractivity contribution in [3.63, 3.8) is 0 Å². The van der Waals surface area contributed by atoms with E-state index in [4.69, 9.17) is 9.79 Å². The highest BCUT2D eigenvalue weighted by Crippen LogP contribution is 2.36. The van der Waals surface area contributed by atoms with Crippen molar-refractivity contribution in [3.05, 3.63) is 12.2 Å². The molecule has 0 rings (SSSR count). The van der Waals surface area contributed by atoms with E-state index >= 15 is 0 Å². The molecule has 166 valence electrons. The van der Waals surface area contributed by atoms with Crippen LogP contribution < -0.4 is 0 Å². The largest absolute Gasteiger partial charge is 0.362 e. The van der Waals surface area contributed by atoms with Crippen LogP contribution in [0.4, 0.5) is 0 Å². The molecule has 2 N–H and O–H groups in total. The fourth-order valence-electron chi connectivity index (χ4n) is 3.27. The Hall–Kier alpha value is -0.260. The number of hydrogen-bond acceptors (Lipinski definition) is 4. The predicted molar refractivity (Wildman–Crippen MR) is 119 cm³/mol. The Labute approximate surface area is 177 Å². The molecule has 0 aliphatic carbocycles. The van der Waals surface area contributed by atoms with Gasteiger partial charge in [0.25, 0.3) is 0 Å². The Bertz CT molecular complexity index is 450. The molecule has 1 atom stereocenters. The van der Waals surface area contributed by atoms with Gasteiger partial charge in [-0.2, -0.15) is 0 Å². The van der Waals surface area contributed by atoms with Crippen molar-refractivity contribution in [2.75, 3.05) is 0 Å². The van der Waals surface area contributed by atoms with Crippen molar-refractivity contribution in [1.29, 1.82) is 0 Å². The normalized spacial score (nSPS) is 13.1. The molecule has 7 heteroatoms. The van der Waals surface area contributed by atoms with Gasteiger partial charge in [-0.15, -0.1) is 0 Å². The molecule has 0 aliphatic heterocycles. The number of rotatable bonds is 19. The maximum Gasteiger partial charge on any atom is 0.362 e. The number of unbranched alkanes of at least 4 members (excludes halogenated alkanes) is 9. The zero-order chi connectivity index (χ0) is 21.1. The van der Waals surface area contributed by atoms with Crippen molar-refractivity contribution >= 4 is 24.5 Å². The lowest BCUT2D eigenvalue weighted by atomic mass is 9.93. The third-order valence-electron chi connectivity index (χ3n) is 4.75. The minimum Gasteiger partial charge on any atom is -0.322 e. The molecule has 0 heterocycles. The molecule has 0 saturated heterocycles. The minimum atomic E-state index is -3.95. The van der Waals surface area contributed by atoms with Crippen molar-refractivity contribution < 1.29 is 24.1 Å². The van der Waals surface area contributed by atoms with Crippen LogP contribution in [0.15, 0.2) is 12.2 Å². The topological polar surface area (TPSA) is 76.0 Å². The lowest BCUT2D eigenvalue weighted by Crippen LogP contribution is -2.12. The van der Waals surface area contributed by atoms with E-state index in [9.17, 15) is 4.79 Å². The molecule has 0 spiro atoms. The summed E-state index contributed by atoms with van der Waals surface area (Å²) >= 11 is 4.25. The van der Waals surface area contributed by atoms with Gasteiger partial charge in [-0.05, 0) is 49.8 Å². The molecule has 0 aromatic carbocycles. The molecule has 0 radical (unpaired) electrons. The fraction of sp³-hybridized carbons (Fsp3) is 0.857. The molecule has 0 aromatic rings. The SMILES string of the molecule is CCCCCCCC/C=C\CCCCCC(CCC)CC(=O)OOP(O)(O)=S. The van der Waals surface area contributed by atoms with Gasteiger partial charge >= 0.3 is 12.7 Å². The number of carbonyl (C=O) groups is 1. The lowest BCUT2D eigenvalue weighted by Gasteiger charge is -2.15. The van der Waals surface area contributed by atoms with Crippen molar-refractivity contribution in [2.45, 2.75) is 110 Å². The van der Waals surface area contributed by atoms with E-state index in [1.165, 1.54) is 51.4 Å². The smallest absolute Gasteiger partial charge is 0.322 e. The Kier molecular flexibility index (Phi) is 18.6. The van der Waals surface area contributed by atoms with Crippen LogP contribution in [0.2, 0.25) is 0 Å². The van der Waals surface area contributed by atoms with Crippen LogP contribution in [0.25, 0.3) is 0 Å². The van der Waals surface area contributed by atoms with Gasteiger partial charge in [-0.1, -0.05) is 88.5 Å². The van der Waals surface area contributed by atoms with E-state index < -0.39 is 12.7 Å². The lowest BCUT2D eigenvalue weighted by molar-refractivity contribution is -0.219. The maximum absolute atomic E-state index is 11.7. The summed E-state index contributed by atoms with van der Waals surface area (Å²) in [7, 11) is 0. The van der Waals surface area contributed by atoms with Crippen LogP contribution in [0.5, 0.6) is 0 Å². The van der Waals surface area contributed by atoms with E-state index in [0.29, 0.717) is 0 Å². The third kappa shape index (κ3) is 20.5. The fourth-order valence-corrected chi connectivity index (χ4v) is 3.54. The Morgan fingerprint density at radius 2 is 1.46 bits per heavy atom. The van der Waals surface area contributed by atoms with Crippen LogP contribution in [-0.4, -0.2) is 15.8 Å². The third-order valence-corrected chi connectivity index (χ3v) is 5.21. The highest BCUT2D eigenvalue weighted by atomic mass is 32.5. The van der Waals surface area contributed by atoms with Crippen LogP contribution in [0.1, 0.15) is 110 Å². The van der Waals surface area contributed by atoms with Gasteiger partial charge < -0.3 is 9.79 Å². The van der Waals surface area contributed by atoms with Crippen LogP contribution >= 0.6 is 6.72 Å². The summed E-state index contributed by atoms with van der Waals surface area (Å²) in [5, 5.41) is 0. The molecule has 0 saturated carbocycles. The molecule has 5 nitrogen and oxygen atoms in total. The molecule has 28 heavy (non-hydrogen) atoms. The summed E-state index contributed by atoms with van der Waals surface area (Å²) in [6.07, 6.45) is 21.6. The first-order valence-corrected chi connectivity index (χ1v) is 13.6. The standard InChI is InChI=1S/C21H41O5PS/c1-3-5-6-7-8-9-10-11-12-13-14-15-16-18-20(17-4-2)19-21(22)25-26-27(23,24)28/h11-12,20H,3-10,13-19H2,1-2H3,(H2,23,24,28)/b12-11-. The quantitative estimate of drug-likeness (QED) is 0.0768. The first kappa shape index (κ1) is 27.7. The van der Waals surface area contributed by atoms with Crippen LogP contribution in [0, 0.1) is 5.92 Å².